The molecule has 1 saturated heterocycles. The molecule has 0 atom stereocenters. The Morgan fingerprint density at radius 1 is 0.947 bits per heavy atom. The summed E-state index contributed by atoms with van der Waals surface area (Å²) >= 11 is 0. The van der Waals surface area contributed by atoms with Crippen LogP contribution in [0.4, 0.5) is 5.69 Å². The first kappa shape index (κ1) is 12.1. The second-order valence-electron chi connectivity index (χ2n) is 4.92. The summed E-state index contributed by atoms with van der Waals surface area (Å²) in [6.07, 6.45) is 2.10. The van der Waals surface area contributed by atoms with E-state index >= 15 is 0 Å². The number of hydrogen-bond acceptors (Lipinski definition) is 3. The summed E-state index contributed by atoms with van der Waals surface area (Å²) in [4.78, 5) is 0. The fourth-order valence-corrected chi connectivity index (χ4v) is 2.39. The van der Waals surface area contributed by atoms with E-state index in [1.807, 2.05) is 12.1 Å². The first-order chi connectivity index (χ1) is 9.31. The van der Waals surface area contributed by atoms with Crippen LogP contribution >= 0.6 is 0 Å². The number of anilines is 1. The zero-order valence-electron chi connectivity index (χ0n) is 10.8. The molecule has 98 valence electrons. The molecule has 0 spiro atoms. The third kappa shape index (κ3) is 2.88. The molecule has 19 heavy (non-hydrogen) atoms. The van der Waals surface area contributed by atoms with Gasteiger partial charge in [0.1, 0.15) is 5.75 Å². The lowest BCUT2D eigenvalue weighted by Crippen LogP contribution is -2.30. The number of phenols is 1. The van der Waals surface area contributed by atoms with E-state index in [2.05, 4.69) is 34.7 Å². The van der Waals surface area contributed by atoms with E-state index in [0.29, 0.717) is 5.75 Å². The molecule has 2 N–H and O–H groups in total. The van der Waals surface area contributed by atoms with Gasteiger partial charge < -0.3 is 10.1 Å². The van der Waals surface area contributed by atoms with E-state index in [4.69, 9.17) is 0 Å². The minimum absolute atomic E-state index is 0.319. The third-order valence-electron chi connectivity index (χ3n) is 3.45. The predicted molar refractivity (Wildman–Crippen MR) is 77.3 cm³/mol. The summed E-state index contributed by atoms with van der Waals surface area (Å²) in [7, 11) is 0. The fourth-order valence-electron chi connectivity index (χ4n) is 2.39. The topological polar surface area (TPSA) is 35.5 Å². The van der Waals surface area contributed by atoms with Crippen molar-refractivity contribution in [1.29, 1.82) is 0 Å². The molecule has 1 aliphatic heterocycles. The maximum atomic E-state index is 9.27. The van der Waals surface area contributed by atoms with Crippen LogP contribution in [0.15, 0.2) is 48.5 Å². The van der Waals surface area contributed by atoms with Crippen molar-refractivity contribution in [3.8, 4) is 5.75 Å². The molecule has 1 aliphatic rings. The average molecular weight is 254 g/mol. The molecule has 0 amide bonds. The molecule has 2 aromatic rings. The molecule has 3 heteroatoms. The third-order valence-corrected chi connectivity index (χ3v) is 3.45. The molecule has 0 saturated carbocycles. The van der Waals surface area contributed by atoms with Crippen LogP contribution < -0.4 is 10.4 Å². The molecule has 0 radical (unpaired) electrons. The van der Waals surface area contributed by atoms with Crippen LogP contribution in [-0.2, 0) is 6.42 Å². The van der Waals surface area contributed by atoms with E-state index in [1.165, 1.54) is 23.2 Å². The van der Waals surface area contributed by atoms with E-state index in [-0.39, 0.29) is 0 Å². The Hall–Kier alpha value is -2.00. The minimum Gasteiger partial charge on any atom is -0.508 e. The highest BCUT2D eigenvalue weighted by molar-refractivity contribution is 5.47. The molecule has 3 nitrogen and oxygen atoms in total. The van der Waals surface area contributed by atoms with Crippen LogP contribution in [-0.4, -0.2) is 18.2 Å². The van der Waals surface area contributed by atoms with Crippen molar-refractivity contribution in [3.05, 3.63) is 59.7 Å². The van der Waals surface area contributed by atoms with Gasteiger partial charge in [0.15, 0.2) is 0 Å². The SMILES string of the molecule is Oc1ccc(Cc2ccc(N3CCCN3)cc2)cc1. The molecular formula is C16H18N2O. The standard InChI is InChI=1S/C16H18N2O/c19-16-8-4-14(5-9-16)12-13-2-6-15(7-3-13)18-11-1-10-17-18/h2-9,17,19H,1,10-12H2. The van der Waals surface area contributed by atoms with Gasteiger partial charge in [0.05, 0.1) is 5.69 Å². The van der Waals surface area contributed by atoms with Gasteiger partial charge in [0.25, 0.3) is 0 Å². The number of hydrazine groups is 1. The normalized spacial score (nSPS) is 14.8. The Morgan fingerprint density at radius 2 is 1.58 bits per heavy atom. The quantitative estimate of drug-likeness (QED) is 0.884. The predicted octanol–water partition coefficient (Wildman–Crippen LogP) is 2.70. The zero-order valence-corrected chi connectivity index (χ0v) is 10.8. The molecule has 3 rings (SSSR count). The van der Waals surface area contributed by atoms with Crippen LogP contribution in [0.5, 0.6) is 5.75 Å². The van der Waals surface area contributed by atoms with Gasteiger partial charge in [-0.3, -0.25) is 0 Å². The Kier molecular flexibility index (Phi) is 3.38. The molecule has 0 aromatic heterocycles. The van der Waals surface area contributed by atoms with E-state index < -0.39 is 0 Å². The second kappa shape index (κ2) is 5.33. The summed E-state index contributed by atoms with van der Waals surface area (Å²) in [5.74, 6) is 0.319. The number of rotatable bonds is 3. The molecule has 0 bridgehead atoms. The van der Waals surface area contributed by atoms with Crippen molar-refractivity contribution < 1.29 is 5.11 Å². The maximum Gasteiger partial charge on any atom is 0.115 e. The number of nitrogens with one attached hydrogen (secondary N) is 1. The molecule has 1 heterocycles. The largest absolute Gasteiger partial charge is 0.508 e. The van der Waals surface area contributed by atoms with Crippen molar-refractivity contribution in [2.75, 3.05) is 18.1 Å². The van der Waals surface area contributed by atoms with Gasteiger partial charge in [-0.1, -0.05) is 24.3 Å². The van der Waals surface area contributed by atoms with Gasteiger partial charge in [-0.25, -0.2) is 5.43 Å². The van der Waals surface area contributed by atoms with Crippen LogP contribution in [0.25, 0.3) is 0 Å². The molecule has 0 aliphatic carbocycles. The van der Waals surface area contributed by atoms with E-state index in [1.54, 1.807) is 12.1 Å². The Bertz CT molecular complexity index is 528. The second-order valence-corrected chi connectivity index (χ2v) is 4.92. The van der Waals surface area contributed by atoms with Gasteiger partial charge in [0.2, 0.25) is 0 Å². The Morgan fingerprint density at radius 3 is 2.16 bits per heavy atom. The number of nitrogens with zero attached hydrogens (tertiary/aromatic N) is 1. The molecule has 1 fully saturated rings. The van der Waals surface area contributed by atoms with E-state index in [0.717, 1.165) is 19.5 Å². The number of aromatic hydroxyl groups is 1. The van der Waals surface area contributed by atoms with Crippen molar-refractivity contribution in [2.45, 2.75) is 12.8 Å². The average Bonchev–Trinajstić information content (AvgIpc) is 2.96. The first-order valence-electron chi connectivity index (χ1n) is 6.69. The number of hydrogen-bond donors (Lipinski definition) is 2. The zero-order chi connectivity index (χ0) is 13.1. The van der Waals surface area contributed by atoms with E-state index in [9.17, 15) is 5.11 Å². The summed E-state index contributed by atoms with van der Waals surface area (Å²) < 4.78 is 0. The van der Waals surface area contributed by atoms with Crippen LogP contribution in [0.1, 0.15) is 17.5 Å². The summed E-state index contributed by atoms with van der Waals surface area (Å²) in [5, 5.41) is 11.5. The van der Waals surface area contributed by atoms with Gasteiger partial charge in [-0.15, -0.1) is 0 Å². The van der Waals surface area contributed by atoms with Crippen LogP contribution in [0.3, 0.4) is 0 Å². The van der Waals surface area contributed by atoms with Gasteiger partial charge >= 0.3 is 0 Å². The minimum atomic E-state index is 0.319. The lowest BCUT2D eigenvalue weighted by Gasteiger charge is -2.17. The van der Waals surface area contributed by atoms with Crippen LogP contribution in [0, 0.1) is 0 Å². The highest BCUT2D eigenvalue weighted by Gasteiger charge is 2.10. The first-order valence-corrected chi connectivity index (χ1v) is 6.69. The van der Waals surface area contributed by atoms with Gasteiger partial charge in [-0.05, 0) is 48.2 Å². The number of phenolic OH excluding ortho intramolecular Hbond substituents is 1. The summed E-state index contributed by atoms with van der Waals surface area (Å²) in [6.45, 7) is 2.15. The van der Waals surface area contributed by atoms with Crippen LogP contribution in [0.2, 0.25) is 0 Å². The highest BCUT2D eigenvalue weighted by atomic mass is 16.3. The smallest absolute Gasteiger partial charge is 0.115 e. The molecular weight excluding hydrogens is 236 g/mol. The van der Waals surface area contributed by atoms with Gasteiger partial charge in [-0.2, -0.15) is 0 Å². The lowest BCUT2D eigenvalue weighted by molar-refractivity contribution is 0.475. The number of benzene rings is 2. The molecule has 2 aromatic carbocycles. The van der Waals surface area contributed by atoms with Gasteiger partial charge in [0, 0.05) is 13.1 Å². The fraction of sp³-hybridized carbons (Fsp3) is 0.250. The van der Waals surface area contributed by atoms with Crippen molar-refractivity contribution in [1.82, 2.24) is 5.43 Å². The monoisotopic (exact) mass is 254 g/mol. The lowest BCUT2D eigenvalue weighted by atomic mass is 10.0. The maximum absolute atomic E-state index is 9.27. The summed E-state index contributed by atoms with van der Waals surface area (Å²) in [6, 6.07) is 16.1. The van der Waals surface area contributed by atoms with Crippen molar-refractivity contribution >= 4 is 5.69 Å². The molecule has 0 unspecified atom stereocenters. The van der Waals surface area contributed by atoms with Crippen molar-refractivity contribution in [2.24, 2.45) is 0 Å². The summed E-state index contributed by atoms with van der Waals surface area (Å²) in [5.41, 5.74) is 7.08. The Labute approximate surface area is 113 Å². The highest BCUT2D eigenvalue weighted by Crippen LogP contribution is 2.19. The Balaban J connectivity index is 1.70. The van der Waals surface area contributed by atoms with Crippen molar-refractivity contribution in [3.63, 3.8) is 0 Å².